The molecule has 1 aliphatic heterocycles. The molecule has 2 aromatic heterocycles. The molecule has 2 aromatic rings. The fraction of sp³-hybridized carbons (Fsp3) is 0.526. The average Bonchev–Trinajstić information content (AvgIpc) is 3.09. The highest BCUT2D eigenvalue weighted by atomic mass is 32.1. The number of carbonyl (C=O) groups excluding carboxylic acids is 1. The Labute approximate surface area is 162 Å². The minimum Gasteiger partial charge on any atom is -0.444 e. The molecule has 1 amide bonds. The van der Waals surface area contributed by atoms with Crippen LogP contribution in [-0.4, -0.2) is 39.7 Å². The van der Waals surface area contributed by atoms with Gasteiger partial charge >= 0.3 is 6.09 Å². The topological polar surface area (TPSA) is 67.3 Å². The lowest BCUT2D eigenvalue weighted by Crippen LogP contribution is -2.41. The first-order valence-electron chi connectivity index (χ1n) is 9.08. The van der Waals surface area contributed by atoms with Gasteiger partial charge in [-0.25, -0.2) is 14.8 Å². The van der Waals surface area contributed by atoms with Crippen LogP contribution >= 0.6 is 11.3 Å². The average molecular weight is 393 g/mol. The second kappa shape index (κ2) is 8.21. The number of amides is 1. The number of carbonyl (C=O) groups is 1. The normalized spacial score (nSPS) is 15.6. The molecule has 0 unspecified atom stereocenters. The number of piperidine rings is 1. The van der Waals surface area contributed by atoms with Gasteiger partial charge in [0.1, 0.15) is 5.60 Å². The maximum absolute atomic E-state index is 12.8. The van der Waals surface area contributed by atoms with Crippen LogP contribution in [0.4, 0.5) is 14.9 Å². The number of hydrogen-bond donors (Lipinski definition) is 1. The monoisotopic (exact) mass is 392 g/mol. The number of anilines is 1. The van der Waals surface area contributed by atoms with Crippen molar-refractivity contribution < 1.29 is 13.9 Å². The lowest BCUT2D eigenvalue weighted by atomic mass is 9.98. The fourth-order valence-electron chi connectivity index (χ4n) is 2.90. The summed E-state index contributed by atoms with van der Waals surface area (Å²) in [6, 6.07) is 2.98. The summed E-state index contributed by atoms with van der Waals surface area (Å²) in [6.07, 6.45) is 3.01. The Morgan fingerprint density at radius 1 is 1.37 bits per heavy atom. The number of ether oxygens (including phenoxy) is 1. The van der Waals surface area contributed by atoms with Crippen molar-refractivity contribution in [1.29, 1.82) is 0 Å². The van der Waals surface area contributed by atoms with E-state index in [0.717, 1.165) is 29.2 Å². The molecule has 0 aromatic carbocycles. The van der Waals surface area contributed by atoms with Gasteiger partial charge in [0, 0.05) is 24.4 Å². The van der Waals surface area contributed by atoms with Gasteiger partial charge in [0.25, 0.3) is 0 Å². The van der Waals surface area contributed by atoms with E-state index in [1.54, 1.807) is 22.3 Å². The number of thiazole rings is 1. The van der Waals surface area contributed by atoms with Crippen LogP contribution in [0.25, 0.3) is 0 Å². The van der Waals surface area contributed by atoms with E-state index in [2.05, 4.69) is 10.3 Å². The van der Waals surface area contributed by atoms with Gasteiger partial charge in [0.2, 0.25) is 5.95 Å². The van der Waals surface area contributed by atoms with Gasteiger partial charge in [-0.3, -0.25) is 0 Å². The molecule has 1 N–H and O–H groups in total. The first kappa shape index (κ1) is 19.5. The number of rotatable bonds is 4. The van der Waals surface area contributed by atoms with E-state index in [4.69, 9.17) is 9.72 Å². The SMILES string of the molecule is CC(C)(C)OC(=O)N1CCC(c2nc(CNc3ccc(F)nc3)cs2)CC1. The molecule has 0 spiro atoms. The van der Waals surface area contributed by atoms with Gasteiger partial charge in [-0.05, 0) is 45.7 Å². The first-order valence-corrected chi connectivity index (χ1v) is 9.96. The maximum Gasteiger partial charge on any atom is 0.410 e. The Hall–Kier alpha value is -2.22. The number of likely N-dealkylation sites (tertiary alicyclic amines) is 1. The van der Waals surface area contributed by atoms with Crippen molar-refractivity contribution in [3.8, 4) is 0 Å². The van der Waals surface area contributed by atoms with Gasteiger partial charge in [0.05, 0.1) is 29.1 Å². The van der Waals surface area contributed by atoms with Crippen molar-refractivity contribution in [1.82, 2.24) is 14.9 Å². The molecular weight excluding hydrogens is 367 g/mol. The summed E-state index contributed by atoms with van der Waals surface area (Å²) in [5.41, 5.74) is 1.25. The van der Waals surface area contributed by atoms with Gasteiger partial charge < -0.3 is 15.0 Å². The molecule has 0 radical (unpaired) electrons. The van der Waals surface area contributed by atoms with E-state index in [0.29, 0.717) is 25.6 Å². The van der Waals surface area contributed by atoms with Gasteiger partial charge in [-0.2, -0.15) is 4.39 Å². The largest absolute Gasteiger partial charge is 0.444 e. The molecule has 0 saturated carbocycles. The molecule has 0 aliphatic carbocycles. The quantitative estimate of drug-likeness (QED) is 0.781. The Kier molecular flexibility index (Phi) is 5.94. The van der Waals surface area contributed by atoms with E-state index in [1.165, 1.54) is 12.3 Å². The Bertz CT molecular complexity index is 765. The van der Waals surface area contributed by atoms with Crippen molar-refractivity contribution >= 4 is 23.1 Å². The zero-order valence-electron chi connectivity index (χ0n) is 15.9. The van der Waals surface area contributed by atoms with Gasteiger partial charge in [0.15, 0.2) is 0 Å². The summed E-state index contributed by atoms with van der Waals surface area (Å²) in [6.45, 7) is 7.59. The number of pyridine rings is 1. The number of nitrogens with one attached hydrogen (secondary N) is 1. The molecule has 3 heterocycles. The summed E-state index contributed by atoms with van der Waals surface area (Å²) >= 11 is 1.65. The van der Waals surface area contributed by atoms with Crippen LogP contribution in [-0.2, 0) is 11.3 Å². The summed E-state index contributed by atoms with van der Waals surface area (Å²) in [5, 5.41) is 6.34. The molecule has 3 rings (SSSR count). The van der Waals surface area contributed by atoms with Crippen LogP contribution in [0, 0.1) is 5.95 Å². The van der Waals surface area contributed by atoms with E-state index < -0.39 is 11.5 Å². The lowest BCUT2D eigenvalue weighted by Gasteiger charge is -2.32. The fourth-order valence-corrected chi connectivity index (χ4v) is 3.89. The predicted molar refractivity (Wildman–Crippen MR) is 103 cm³/mol. The van der Waals surface area contributed by atoms with Gasteiger partial charge in [-0.1, -0.05) is 0 Å². The molecule has 146 valence electrons. The van der Waals surface area contributed by atoms with Crippen LogP contribution in [0.5, 0.6) is 0 Å². The predicted octanol–water partition coefficient (Wildman–Crippen LogP) is 4.40. The second-order valence-corrected chi connectivity index (χ2v) is 8.53. The molecule has 27 heavy (non-hydrogen) atoms. The number of nitrogens with zero attached hydrogens (tertiary/aromatic N) is 3. The Morgan fingerprint density at radius 3 is 2.74 bits per heavy atom. The molecule has 1 fully saturated rings. The van der Waals surface area contributed by atoms with Gasteiger partial charge in [-0.15, -0.1) is 11.3 Å². The minimum absolute atomic E-state index is 0.238. The standard InChI is InChI=1S/C19H25FN4O2S/c1-19(2,3)26-18(25)24-8-6-13(7-9-24)17-23-15(12-27-17)11-21-14-4-5-16(20)22-10-14/h4-5,10,12-13,21H,6-9,11H2,1-3H3. The highest BCUT2D eigenvalue weighted by Gasteiger charge is 2.28. The van der Waals surface area contributed by atoms with Crippen LogP contribution in [0.1, 0.15) is 50.2 Å². The van der Waals surface area contributed by atoms with E-state index in [9.17, 15) is 9.18 Å². The maximum atomic E-state index is 12.8. The molecule has 6 nitrogen and oxygen atoms in total. The zero-order valence-corrected chi connectivity index (χ0v) is 16.7. The lowest BCUT2D eigenvalue weighted by molar-refractivity contribution is 0.0205. The van der Waals surface area contributed by atoms with E-state index in [1.807, 2.05) is 26.2 Å². The summed E-state index contributed by atoms with van der Waals surface area (Å²) < 4.78 is 18.3. The molecule has 8 heteroatoms. The number of hydrogen-bond acceptors (Lipinski definition) is 6. The number of halogens is 1. The van der Waals surface area contributed by atoms with Crippen molar-refractivity contribution in [3.05, 3.63) is 40.4 Å². The van der Waals surface area contributed by atoms with Crippen molar-refractivity contribution in [3.63, 3.8) is 0 Å². The van der Waals surface area contributed by atoms with E-state index in [-0.39, 0.29) is 6.09 Å². The molecule has 0 bridgehead atoms. The first-order chi connectivity index (χ1) is 12.8. The van der Waals surface area contributed by atoms with Crippen molar-refractivity contribution in [2.45, 2.75) is 51.7 Å². The second-order valence-electron chi connectivity index (χ2n) is 7.64. The van der Waals surface area contributed by atoms with Crippen LogP contribution in [0.3, 0.4) is 0 Å². The summed E-state index contributed by atoms with van der Waals surface area (Å²) in [7, 11) is 0. The molecule has 1 aliphatic rings. The minimum atomic E-state index is -0.491. The Morgan fingerprint density at radius 2 is 2.11 bits per heavy atom. The molecule has 1 saturated heterocycles. The van der Waals surface area contributed by atoms with Crippen molar-refractivity contribution in [2.75, 3.05) is 18.4 Å². The zero-order chi connectivity index (χ0) is 19.4. The third-order valence-corrected chi connectivity index (χ3v) is 5.32. The van der Waals surface area contributed by atoms with Crippen molar-refractivity contribution in [2.24, 2.45) is 0 Å². The summed E-state index contributed by atoms with van der Waals surface area (Å²) in [4.78, 5) is 22.3. The summed E-state index contributed by atoms with van der Waals surface area (Å²) in [5.74, 6) is -0.121. The third-order valence-electron chi connectivity index (χ3n) is 4.27. The Balaban J connectivity index is 1.49. The smallest absolute Gasteiger partial charge is 0.410 e. The highest BCUT2D eigenvalue weighted by molar-refractivity contribution is 7.09. The number of aromatic nitrogens is 2. The van der Waals surface area contributed by atoms with Crippen LogP contribution < -0.4 is 5.32 Å². The third kappa shape index (κ3) is 5.63. The van der Waals surface area contributed by atoms with E-state index >= 15 is 0 Å². The molecular formula is C19H25FN4O2S. The van der Waals surface area contributed by atoms with Crippen LogP contribution in [0.15, 0.2) is 23.7 Å². The molecule has 0 atom stereocenters. The van der Waals surface area contributed by atoms with Crippen LogP contribution in [0.2, 0.25) is 0 Å². The highest BCUT2D eigenvalue weighted by Crippen LogP contribution is 2.31.